The van der Waals surface area contributed by atoms with E-state index in [0.717, 1.165) is 24.2 Å². The number of hydrogen-bond donors (Lipinski definition) is 2. The third kappa shape index (κ3) is 3.52. The summed E-state index contributed by atoms with van der Waals surface area (Å²) in [6, 6.07) is 9.44. The summed E-state index contributed by atoms with van der Waals surface area (Å²) < 4.78 is 1.67. The number of nitrogens with zero attached hydrogens (tertiary/aromatic N) is 3. The van der Waals surface area contributed by atoms with Crippen LogP contribution in [0.5, 0.6) is 0 Å². The van der Waals surface area contributed by atoms with Crippen molar-refractivity contribution in [2.75, 3.05) is 11.9 Å². The molecule has 3 rings (SSSR count). The molecule has 1 atom stereocenters. The van der Waals surface area contributed by atoms with Gasteiger partial charge in [-0.1, -0.05) is 11.6 Å². The average Bonchev–Trinajstić information content (AvgIpc) is 3.30. The number of halogens is 1. The molecule has 0 aliphatic heterocycles. The van der Waals surface area contributed by atoms with Gasteiger partial charge in [0.1, 0.15) is 5.54 Å². The summed E-state index contributed by atoms with van der Waals surface area (Å²) >= 11 is 6.27. The van der Waals surface area contributed by atoms with E-state index in [0.29, 0.717) is 5.02 Å². The minimum atomic E-state index is -0.777. The van der Waals surface area contributed by atoms with Crippen molar-refractivity contribution in [2.24, 2.45) is 5.92 Å². The van der Waals surface area contributed by atoms with Crippen molar-refractivity contribution in [3.63, 3.8) is 0 Å². The fourth-order valence-electron chi connectivity index (χ4n) is 2.61. The molecule has 24 heavy (non-hydrogen) atoms. The van der Waals surface area contributed by atoms with E-state index >= 15 is 0 Å². The number of aromatic nitrogens is 2. The van der Waals surface area contributed by atoms with Crippen LogP contribution in [0.2, 0.25) is 5.02 Å². The number of carbonyl (C=O) groups excluding carboxylic acids is 1. The fraction of sp³-hybridized carbons (Fsp3) is 0.353. The summed E-state index contributed by atoms with van der Waals surface area (Å²) in [4.78, 5) is 12.1. The largest absolute Gasteiger partial charge is 0.376 e. The zero-order chi connectivity index (χ0) is 17.2. The number of hydrogen-bond acceptors (Lipinski definition) is 4. The van der Waals surface area contributed by atoms with E-state index in [1.807, 2.05) is 24.4 Å². The molecule has 1 aromatic carbocycles. The van der Waals surface area contributed by atoms with E-state index in [4.69, 9.17) is 11.6 Å². The Bertz CT molecular complexity index is 779. The monoisotopic (exact) mass is 343 g/mol. The predicted molar refractivity (Wildman–Crippen MR) is 91.9 cm³/mol. The van der Waals surface area contributed by atoms with Crippen LogP contribution in [0.25, 0.3) is 5.69 Å². The van der Waals surface area contributed by atoms with Gasteiger partial charge in [-0.2, -0.15) is 10.4 Å². The Labute approximate surface area is 145 Å². The van der Waals surface area contributed by atoms with Crippen LogP contribution < -0.4 is 10.6 Å². The molecule has 0 radical (unpaired) electrons. The van der Waals surface area contributed by atoms with Gasteiger partial charge in [-0.05, 0) is 49.9 Å². The molecule has 124 valence electrons. The van der Waals surface area contributed by atoms with Crippen LogP contribution in [0.4, 0.5) is 5.69 Å². The molecule has 1 fully saturated rings. The quantitative estimate of drug-likeness (QED) is 0.844. The van der Waals surface area contributed by atoms with Gasteiger partial charge in [0.05, 0.1) is 23.3 Å². The summed E-state index contributed by atoms with van der Waals surface area (Å²) in [6.07, 6.45) is 5.46. The molecule has 1 heterocycles. The number of nitrogens with one attached hydrogen (secondary N) is 2. The normalized spacial score (nSPS) is 16.0. The summed E-state index contributed by atoms with van der Waals surface area (Å²) in [5.41, 5.74) is 0.721. The van der Waals surface area contributed by atoms with E-state index in [1.54, 1.807) is 23.9 Å². The van der Waals surface area contributed by atoms with Crippen LogP contribution in [0.3, 0.4) is 0 Å². The van der Waals surface area contributed by atoms with Gasteiger partial charge < -0.3 is 10.6 Å². The highest BCUT2D eigenvalue weighted by Gasteiger charge is 2.42. The van der Waals surface area contributed by atoms with Crippen LogP contribution in [-0.2, 0) is 4.79 Å². The molecular weight excluding hydrogens is 326 g/mol. The lowest BCUT2D eigenvalue weighted by Crippen LogP contribution is -2.48. The molecular formula is C17H18ClN5O. The highest BCUT2D eigenvalue weighted by molar-refractivity contribution is 6.32. The molecule has 1 aromatic heterocycles. The predicted octanol–water partition coefficient (Wildman–Crippen LogP) is 2.75. The molecule has 1 aliphatic carbocycles. The lowest BCUT2D eigenvalue weighted by molar-refractivity contribution is -0.120. The van der Waals surface area contributed by atoms with Crippen molar-refractivity contribution >= 4 is 23.2 Å². The maximum atomic E-state index is 12.1. The van der Waals surface area contributed by atoms with Gasteiger partial charge in [0, 0.05) is 18.1 Å². The number of amides is 1. The Hall–Kier alpha value is -2.52. The van der Waals surface area contributed by atoms with Gasteiger partial charge in [0.25, 0.3) is 0 Å². The van der Waals surface area contributed by atoms with Crippen LogP contribution >= 0.6 is 11.6 Å². The Morgan fingerprint density at radius 2 is 2.33 bits per heavy atom. The zero-order valence-electron chi connectivity index (χ0n) is 13.3. The van der Waals surface area contributed by atoms with Crippen molar-refractivity contribution in [3.8, 4) is 11.8 Å². The van der Waals surface area contributed by atoms with Crippen LogP contribution in [0, 0.1) is 17.2 Å². The van der Waals surface area contributed by atoms with Gasteiger partial charge in [0.2, 0.25) is 5.91 Å². The van der Waals surface area contributed by atoms with E-state index in [9.17, 15) is 10.1 Å². The fourth-order valence-corrected chi connectivity index (χ4v) is 2.88. The maximum Gasteiger partial charge on any atom is 0.240 e. The van der Waals surface area contributed by atoms with Crippen molar-refractivity contribution in [1.29, 1.82) is 5.26 Å². The Kier molecular flexibility index (Phi) is 4.45. The minimum absolute atomic E-state index is 0.0848. The maximum absolute atomic E-state index is 12.1. The second kappa shape index (κ2) is 6.54. The van der Waals surface area contributed by atoms with Gasteiger partial charge in [0.15, 0.2) is 0 Å². The first-order valence-corrected chi connectivity index (χ1v) is 8.15. The van der Waals surface area contributed by atoms with Crippen molar-refractivity contribution in [2.45, 2.75) is 25.3 Å². The van der Waals surface area contributed by atoms with E-state index in [2.05, 4.69) is 21.8 Å². The molecule has 1 amide bonds. The number of anilines is 1. The third-order valence-corrected chi connectivity index (χ3v) is 4.48. The number of nitriles is 1. The Balaban J connectivity index is 1.60. The number of benzene rings is 1. The zero-order valence-corrected chi connectivity index (χ0v) is 14.0. The molecule has 1 saturated carbocycles. The van der Waals surface area contributed by atoms with Gasteiger partial charge >= 0.3 is 0 Å². The van der Waals surface area contributed by atoms with Crippen molar-refractivity contribution < 1.29 is 4.79 Å². The summed E-state index contributed by atoms with van der Waals surface area (Å²) in [6.45, 7) is 1.86. The summed E-state index contributed by atoms with van der Waals surface area (Å²) in [7, 11) is 0. The number of carbonyl (C=O) groups is 1. The standard InChI is InChI=1S/C17H18ClN5O/c1-17(11-19,12-3-4-12)22-16(24)10-20-13-5-6-15(14(18)9-13)23-8-2-7-21-23/h2,5-9,12,20H,3-4,10H2,1H3,(H,22,24). The highest BCUT2D eigenvalue weighted by Crippen LogP contribution is 2.39. The van der Waals surface area contributed by atoms with Crippen molar-refractivity contribution in [1.82, 2.24) is 15.1 Å². The average molecular weight is 344 g/mol. The minimum Gasteiger partial charge on any atom is -0.376 e. The summed E-state index contributed by atoms with van der Waals surface area (Å²) in [5, 5.41) is 19.8. The first kappa shape index (κ1) is 16.3. The molecule has 2 N–H and O–H groups in total. The van der Waals surface area contributed by atoms with E-state index < -0.39 is 5.54 Å². The van der Waals surface area contributed by atoms with Crippen molar-refractivity contribution in [3.05, 3.63) is 41.7 Å². The number of rotatable bonds is 6. The first-order chi connectivity index (χ1) is 11.5. The SMILES string of the molecule is CC(C#N)(NC(=O)CNc1ccc(-n2cccn2)c(Cl)c1)C1CC1. The molecule has 0 bridgehead atoms. The topological polar surface area (TPSA) is 82.7 Å². The highest BCUT2D eigenvalue weighted by atomic mass is 35.5. The molecule has 7 heteroatoms. The van der Waals surface area contributed by atoms with E-state index in [-0.39, 0.29) is 18.4 Å². The molecule has 0 spiro atoms. The van der Waals surface area contributed by atoms with Gasteiger partial charge in [-0.3, -0.25) is 4.79 Å². The Morgan fingerprint density at radius 3 is 2.92 bits per heavy atom. The van der Waals surface area contributed by atoms with Crippen LogP contribution in [0.1, 0.15) is 19.8 Å². The summed E-state index contributed by atoms with van der Waals surface area (Å²) in [5.74, 6) is 0.0486. The lowest BCUT2D eigenvalue weighted by atomic mass is 9.98. The smallest absolute Gasteiger partial charge is 0.240 e. The first-order valence-electron chi connectivity index (χ1n) is 7.77. The molecule has 0 saturated heterocycles. The molecule has 2 aromatic rings. The van der Waals surface area contributed by atoms with Crippen LogP contribution in [-0.4, -0.2) is 27.8 Å². The van der Waals surface area contributed by atoms with Gasteiger partial charge in [-0.15, -0.1) is 0 Å². The molecule has 6 nitrogen and oxygen atoms in total. The van der Waals surface area contributed by atoms with Crippen LogP contribution in [0.15, 0.2) is 36.7 Å². The Morgan fingerprint density at radius 1 is 1.54 bits per heavy atom. The van der Waals surface area contributed by atoms with E-state index in [1.165, 1.54) is 0 Å². The molecule has 1 aliphatic rings. The van der Waals surface area contributed by atoms with Gasteiger partial charge in [-0.25, -0.2) is 4.68 Å². The second-order valence-corrected chi connectivity index (χ2v) is 6.51. The third-order valence-electron chi connectivity index (χ3n) is 4.18. The lowest BCUT2D eigenvalue weighted by Gasteiger charge is -2.23. The second-order valence-electron chi connectivity index (χ2n) is 6.11. The molecule has 1 unspecified atom stereocenters.